The normalized spacial score (nSPS) is 11.7. The molecular formula is C27H22Cl2F4N2O2. The Hall–Kier alpha value is -3.23. The number of hydrogen-bond donors (Lipinski definition) is 0. The number of carbonyl (C=O) groups excluding carboxylic acids is 1. The van der Waals surface area contributed by atoms with Gasteiger partial charge in [0.2, 0.25) is 0 Å². The van der Waals surface area contributed by atoms with Crippen molar-refractivity contribution in [1.82, 2.24) is 9.47 Å². The zero-order valence-corrected chi connectivity index (χ0v) is 21.4. The summed E-state index contributed by atoms with van der Waals surface area (Å²) in [7, 11) is 0. The Labute approximate surface area is 221 Å². The lowest BCUT2D eigenvalue weighted by Crippen LogP contribution is -2.33. The van der Waals surface area contributed by atoms with Gasteiger partial charge in [-0.15, -0.1) is 0 Å². The second kappa shape index (κ2) is 10.6. The van der Waals surface area contributed by atoms with Gasteiger partial charge in [0.15, 0.2) is 0 Å². The van der Waals surface area contributed by atoms with Crippen LogP contribution >= 0.6 is 23.2 Å². The van der Waals surface area contributed by atoms with E-state index in [1.165, 1.54) is 29.2 Å². The lowest BCUT2D eigenvalue weighted by molar-refractivity contribution is -0.137. The molecule has 0 unspecified atom stereocenters. The maximum Gasteiger partial charge on any atom is 0.416 e. The van der Waals surface area contributed by atoms with Gasteiger partial charge in [-0.2, -0.15) is 13.2 Å². The molecular weight excluding hydrogens is 531 g/mol. The summed E-state index contributed by atoms with van der Waals surface area (Å²) in [5.74, 6) is -0.363. The minimum absolute atomic E-state index is 0.0639. The van der Waals surface area contributed by atoms with Gasteiger partial charge in [-0.1, -0.05) is 29.3 Å². The standard InChI is InChI=1S/C27H22Cl2F4N2O2/c1-3-34(4-2)26(36)37-24-10-9-23-19(25(24)16-5-8-22(30)21(29)14-16)11-12-35(23)15-17-13-18(27(31,32)33)6-7-20(17)28/h5-14H,3-4,15H2,1-2H3. The fourth-order valence-corrected chi connectivity index (χ4v) is 4.48. The zero-order valence-electron chi connectivity index (χ0n) is 19.9. The molecule has 0 N–H and O–H groups in total. The molecule has 4 rings (SSSR count). The Morgan fingerprint density at radius 3 is 2.35 bits per heavy atom. The summed E-state index contributed by atoms with van der Waals surface area (Å²) < 4.78 is 61.1. The fourth-order valence-electron chi connectivity index (χ4n) is 4.12. The van der Waals surface area contributed by atoms with Gasteiger partial charge in [0.05, 0.1) is 10.6 Å². The van der Waals surface area contributed by atoms with E-state index in [9.17, 15) is 22.4 Å². The number of amides is 1. The summed E-state index contributed by atoms with van der Waals surface area (Å²) in [6.45, 7) is 4.61. The molecule has 0 aliphatic rings. The summed E-state index contributed by atoms with van der Waals surface area (Å²) in [6.07, 6.45) is -3.35. The van der Waals surface area contributed by atoms with Crippen molar-refractivity contribution in [1.29, 1.82) is 0 Å². The van der Waals surface area contributed by atoms with Crippen LogP contribution in [0, 0.1) is 5.82 Å². The predicted octanol–water partition coefficient (Wildman–Crippen LogP) is 8.66. The van der Waals surface area contributed by atoms with Crippen LogP contribution in [0.5, 0.6) is 5.75 Å². The van der Waals surface area contributed by atoms with Crippen LogP contribution in [0.2, 0.25) is 10.0 Å². The van der Waals surface area contributed by atoms with E-state index in [4.69, 9.17) is 27.9 Å². The highest BCUT2D eigenvalue weighted by molar-refractivity contribution is 6.31. The summed E-state index contributed by atoms with van der Waals surface area (Å²) in [6, 6.07) is 12.4. The molecule has 0 spiro atoms. The second-order valence-electron chi connectivity index (χ2n) is 8.29. The highest BCUT2D eigenvalue weighted by Gasteiger charge is 2.31. The first-order valence-corrected chi connectivity index (χ1v) is 12.2. The lowest BCUT2D eigenvalue weighted by Gasteiger charge is -2.20. The Bertz CT molecular complexity index is 1460. The Kier molecular flexibility index (Phi) is 7.71. The fraction of sp³-hybridized carbons (Fsp3) is 0.222. The molecule has 4 aromatic rings. The van der Waals surface area contributed by atoms with E-state index < -0.39 is 23.7 Å². The number of hydrogen-bond acceptors (Lipinski definition) is 2. The first-order valence-electron chi connectivity index (χ1n) is 11.4. The van der Waals surface area contributed by atoms with Crippen LogP contribution in [-0.2, 0) is 12.7 Å². The smallest absolute Gasteiger partial charge is 0.410 e. The number of ether oxygens (including phenoxy) is 1. The first-order chi connectivity index (χ1) is 17.5. The molecule has 0 radical (unpaired) electrons. The molecule has 0 aliphatic carbocycles. The van der Waals surface area contributed by atoms with E-state index >= 15 is 0 Å². The van der Waals surface area contributed by atoms with Crippen molar-refractivity contribution in [3.8, 4) is 16.9 Å². The van der Waals surface area contributed by atoms with Crippen LogP contribution in [0.25, 0.3) is 22.0 Å². The summed E-state index contributed by atoms with van der Waals surface area (Å²) in [4.78, 5) is 14.2. The van der Waals surface area contributed by atoms with E-state index in [-0.39, 0.29) is 27.9 Å². The Morgan fingerprint density at radius 2 is 1.70 bits per heavy atom. The average Bonchev–Trinajstić information content (AvgIpc) is 3.25. The third-order valence-electron chi connectivity index (χ3n) is 6.06. The molecule has 1 aromatic heterocycles. The van der Waals surface area contributed by atoms with Gasteiger partial charge in [0.1, 0.15) is 11.6 Å². The Morgan fingerprint density at radius 1 is 0.973 bits per heavy atom. The van der Waals surface area contributed by atoms with Crippen molar-refractivity contribution in [3.05, 3.63) is 87.8 Å². The number of halogens is 6. The van der Waals surface area contributed by atoms with Gasteiger partial charge in [-0.25, -0.2) is 9.18 Å². The molecule has 194 valence electrons. The van der Waals surface area contributed by atoms with Gasteiger partial charge in [-0.3, -0.25) is 0 Å². The van der Waals surface area contributed by atoms with Crippen LogP contribution in [0.4, 0.5) is 22.4 Å². The van der Waals surface area contributed by atoms with Crippen LogP contribution in [-0.4, -0.2) is 28.6 Å². The Balaban J connectivity index is 1.84. The average molecular weight is 553 g/mol. The number of benzene rings is 3. The number of fused-ring (bicyclic) bond motifs is 1. The molecule has 1 heterocycles. The van der Waals surface area contributed by atoms with Gasteiger partial charge >= 0.3 is 12.3 Å². The minimum atomic E-state index is -4.50. The van der Waals surface area contributed by atoms with Crippen molar-refractivity contribution in [3.63, 3.8) is 0 Å². The van der Waals surface area contributed by atoms with Crippen LogP contribution in [0.3, 0.4) is 0 Å². The van der Waals surface area contributed by atoms with Crippen molar-refractivity contribution in [2.24, 2.45) is 0 Å². The molecule has 10 heteroatoms. The number of nitrogens with zero attached hydrogens (tertiary/aromatic N) is 2. The highest BCUT2D eigenvalue weighted by Crippen LogP contribution is 2.40. The van der Waals surface area contributed by atoms with E-state index in [1.807, 2.05) is 13.8 Å². The molecule has 0 saturated heterocycles. The molecule has 1 amide bonds. The zero-order chi connectivity index (χ0) is 26.9. The van der Waals surface area contributed by atoms with Gasteiger partial charge in [-0.05, 0) is 73.5 Å². The van der Waals surface area contributed by atoms with Crippen LogP contribution in [0.15, 0.2) is 60.8 Å². The lowest BCUT2D eigenvalue weighted by atomic mass is 10.0. The van der Waals surface area contributed by atoms with Gasteiger partial charge in [0, 0.05) is 47.3 Å². The first kappa shape index (κ1) is 26.8. The van der Waals surface area contributed by atoms with Crippen LogP contribution in [0.1, 0.15) is 25.0 Å². The summed E-state index contributed by atoms with van der Waals surface area (Å²) in [5, 5.41) is 0.728. The molecule has 0 aliphatic heterocycles. The molecule has 37 heavy (non-hydrogen) atoms. The highest BCUT2D eigenvalue weighted by atomic mass is 35.5. The number of alkyl halides is 3. The molecule has 4 nitrogen and oxygen atoms in total. The SMILES string of the molecule is CCN(CC)C(=O)Oc1ccc2c(ccn2Cc2cc(C(F)(F)F)ccc2Cl)c1-c1ccc(F)c(Cl)c1. The monoisotopic (exact) mass is 552 g/mol. The second-order valence-corrected chi connectivity index (χ2v) is 9.10. The third-order valence-corrected chi connectivity index (χ3v) is 6.71. The van der Waals surface area contributed by atoms with Crippen molar-refractivity contribution in [2.45, 2.75) is 26.6 Å². The van der Waals surface area contributed by atoms with Crippen LogP contribution < -0.4 is 4.74 Å². The maximum absolute atomic E-state index is 13.9. The largest absolute Gasteiger partial charge is 0.416 e. The van der Waals surface area contributed by atoms with E-state index in [0.29, 0.717) is 35.1 Å². The molecule has 0 saturated carbocycles. The van der Waals surface area contributed by atoms with Gasteiger partial charge < -0.3 is 14.2 Å². The molecule has 0 fully saturated rings. The summed E-state index contributed by atoms with van der Waals surface area (Å²) >= 11 is 12.3. The van der Waals surface area contributed by atoms with E-state index in [1.54, 1.807) is 29.0 Å². The maximum atomic E-state index is 13.9. The predicted molar refractivity (Wildman–Crippen MR) is 137 cm³/mol. The van der Waals surface area contributed by atoms with Crippen molar-refractivity contribution in [2.75, 3.05) is 13.1 Å². The molecule has 0 bridgehead atoms. The molecule has 3 aromatic carbocycles. The quantitative estimate of drug-likeness (QED) is 0.224. The number of aromatic nitrogens is 1. The number of carbonyl (C=O) groups is 1. The third kappa shape index (κ3) is 5.55. The minimum Gasteiger partial charge on any atom is -0.410 e. The van der Waals surface area contributed by atoms with Crippen molar-refractivity contribution < 1.29 is 27.1 Å². The summed E-state index contributed by atoms with van der Waals surface area (Å²) in [5.41, 5.74) is 1.14. The molecule has 0 atom stereocenters. The topological polar surface area (TPSA) is 34.5 Å². The van der Waals surface area contributed by atoms with E-state index in [2.05, 4.69) is 0 Å². The van der Waals surface area contributed by atoms with Crippen molar-refractivity contribution >= 4 is 40.2 Å². The van der Waals surface area contributed by atoms with E-state index in [0.717, 1.165) is 12.1 Å². The number of rotatable bonds is 6. The van der Waals surface area contributed by atoms with Gasteiger partial charge in [0.25, 0.3) is 0 Å².